The zero-order valence-corrected chi connectivity index (χ0v) is 11.2. The van der Waals surface area contributed by atoms with Crippen molar-refractivity contribution in [1.29, 1.82) is 0 Å². The number of ketones is 1. The molecule has 0 atom stereocenters. The summed E-state index contributed by atoms with van der Waals surface area (Å²) in [5, 5.41) is 4.37. The van der Waals surface area contributed by atoms with Crippen molar-refractivity contribution in [2.45, 2.75) is 6.92 Å². The molecule has 0 fully saturated rings. The summed E-state index contributed by atoms with van der Waals surface area (Å²) in [5.41, 5.74) is 3.84. The molecule has 1 heterocycles. The molecule has 3 aromatic rings. The zero-order valence-electron chi connectivity index (χ0n) is 11.2. The van der Waals surface area contributed by atoms with E-state index >= 15 is 0 Å². The van der Waals surface area contributed by atoms with Crippen molar-refractivity contribution in [2.24, 2.45) is 0 Å². The smallest absolute Gasteiger partial charge is 0.159 e. The van der Waals surface area contributed by atoms with Crippen LogP contribution >= 0.6 is 0 Å². The number of carbonyl (C=O) groups excluding carboxylic acids is 1. The number of carbonyl (C=O) groups is 1. The predicted octanol–water partition coefficient (Wildman–Crippen LogP) is 3.74. The van der Waals surface area contributed by atoms with E-state index in [2.05, 4.69) is 5.10 Å². The molecular weight excluding hydrogens is 248 g/mol. The standard InChI is InChI=1S/C17H14N2O/c1-13(20)14-7-9-15(10-8-14)16-11-18-19(12-16)17-5-3-2-4-6-17/h2-12H,1H3. The Labute approximate surface area is 117 Å². The Morgan fingerprint density at radius 2 is 1.65 bits per heavy atom. The molecule has 3 rings (SSSR count). The number of rotatable bonds is 3. The highest BCUT2D eigenvalue weighted by atomic mass is 16.1. The first-order valence-corrected chi connectivity index (χ1v) is 6.45. The average molecular weight is 262 g/mol. The zero-order chi connectivity index (χ0) is 13.9. The van der Waals surface area contributed by atoms with Crippen LogP contribution in [0.2, 0.25) is 0 Å². The molecule has 1 aromatic heterocycles. The molecule has 2 aromatic carbocycles. The van der Waals surface area contributed by atoms with Crippen LogP contribution in [-0.4, -0.2) is 15.6 Å². The maximum absolute atomic E-state index is 11.3. The van der Waals surface area contributed by atoms with Crippen LogP contribution in [0.15, 0.2) is 67.0 Å². The molecule has 0 saturated heterocycles. The average Bonchev–Trinajstić information content (AvgIpc) is 2.98. The molecule has 98 valence electrons. The van der Waals surface area contributed by atoms with E-state index in [1.165, 1.54) is 0 Å². The third kappa shape index (κ3) is 2.38. The predicted molar refractivity (Wildman–Crippen MR) is 79.0 cm³/mol. The highest BCUT2D eigenvalue weighted by Crippen LogP contribution is 2.20. The lowest BCUT2D eigenvalue weighted by Gasteiger charge is -2.00. The SMILES string of the molecule is CC(=O)c1ccc(-c2cnn(-c3ccccc3)c2)cc1. The van der Waals surface area contributed by atoms with Crippen LogP contribution in [0.25, 0.3) is 16.8 Å². The van der Waals surface area contributed by atoms with Gasteiger partial charge in [0.2, 0.25) is 0 Å². The van der Waals surface area contributed by atoms with E-state index in [4.69, 9.17) is 0 Å². The molecule has 3 heteroatoms. The fraction of sp³-hybridized carbons (Fsp3) is 0.0588. The Hall–Kier alpha value is -2.68. The van der Waals surface area contributed by atoms with E-state index in [-0.39, 0.29) is 5.78 Å². The highest BCUT2D eigenvalue weighted by Gasteiger charge is 2.04. The van der Waals surface area contributed by atoms with E-state index in [0.29, 0.717) is 0 Å². The van der Waals surface area contributed by atoms with Crippen LogP contribution in [-0.2, 0) is 0 Å². The molecule has 20 heavy (non-hydrogen) atoms. The first kappa shape index (κ1) is 12.4. The van der Waals surface area contributed by atoms with E-state index < -0.39 is 0 Å². The molecule has 0 spiro atoms. The van der Waals surface area contributed by atoms with Gasteiger partial charge in [-0.3, -0.25) is 4.79 Å². The monoisotopic (exact) mass is 262 g/mol. The Kier molecular flexibility index (Phi) is 3.17. The van der Waals surface area contributed by atoms with Crippen molar-refractivity contribution >= 4 is 5.78 Å². The molecular formula is C17H14N2O. The molecule has 0 aliphatic heterocycles. The molecule has 0 unspecified atom stereocenters. The molecule has 0 aliphatic carbocycles. The minimum atomic E-state index is 0.0801. The van der Waals surface area contributed by atoms with Crippen LogP contribution in [0, 0.1) is 0 Å². The number of Topliss-reactive ketones (excluding diaryl/α,β-unsaturated/α-hetero) is 1. The molecule has 3 nitrogen and oxygen atoms in total. The van der Waals surface area contributed by atoms with E-state index in [0.717, 1.165) is 22.4 Å². The number of hydrogen-bond donors (Lipinski definition) is 0. The molecule has 0 saturated carbocycles. The lowest BCUT2D eigenvalue weighted by Crippen LogP contribution is -1.92. The van der Waals surface area contributed by atoms with Crippen LogP contribution in [0.5, 0.6) is 0 Å². The summed E-state index contributed by atoms with van der Waals surface area (Å²) in [7, 11) is 0. The summed E-state index contributed by atoms with van der Waals surface area (Å²) >= 11 is 0. The fourth-order valence-electron chi connectivity index (χ4n) is 2.09. The number of para-hydroxylation sites is 1. The lowest BCUT2D eigenvalue weighted by atomic mass is 10.1. The third-order valence-corrected chi connectivity index (χ3v) is 3.23. The summed E-state index contributed by atoms with van der Waals surface area (Å²) in [5.74, 6) is 0.0801. The summed E-state index contributed by atoms with van der Waals surface area (Å²) in [6.45, 7) is 1.57. The van der Waals surface area contributed by atoms with E-state index in [9.17, 15) is 4.79 Å². The number of nitrogens with zero attached hydrogens (tertiary/aromatic N) is 2. The Morgan fingerprint density at radius 1 is 0.950 bits per heavy atom. The summed E-state index contributed by atoms with van der Waals surface area (Å²) in [6, 6.07) is 17.6. The second-order valence-corrected chi connectivity index (χ2v) is 4.64. The van der Waals surface area contributed by atoms with Gasteiger partial charge in [0.15, 0.2) is 5.78 Å². The van der Waals surface area contributed by atoms with Gasteiger partial charge in [-0.2, -0.15) is 5.10 Å². The fourth-order valence-corrected chi connectivity index (χ4v) is 2.09. The van der Waals surface area contributed by atoms with Crippen molar-refractivity contribution in [3.05, 3.63) is 72.6 Å². The van der Waals surface area contributed by atoms with Crippen molar-refractivity contribution in [3.8, 4) is 16.8 Å². The second-order valence-electron chi connectivity index (χ2n) is 4.64. The normalized spacial score (nSPS) is 10.4. The van der Waals surface area contributed by atoms with Gasteiger partial charge in [-0.15, -0.1) is 0 Å². The third-order valence-electron chi connectivity index (χ3n) is 3.23. The minimum Gasteiger partial charge on any atom is -0.295 e. The molecule has 0 amide bonds. The van der Waals surface area contributed by atoms with Crippen LogP contribution < -0.4 is 0 Å². The summed E-state index contributed by atoms with van der Waals surface area (Å²) in [4.78, 5) is 11.3. The summed E-state index contributed by atoms with van der Waals surface area (Å²) < 4.78 is 1.84. The first-order valence-electron chi connectivity index (χ1n) is 6.45. The quantitative estimate of drug-likeness (QED) is 0.674. The molecule has 0 aliphatic rings. The van der Waals surface area contributed by atoms with Crippen molar-refractivity contribution in [1.82, 2.24) is 9.78 Å². The van der Waals surface area contributed by atoms with Crippen LogP contribution in [0.1, 0.15) is 17.3 Å². The van der Waals surface area contributed by atoms with Gasteiger partial charge in [-0.05, 0) is 24.6 Å². The molecule has 0 N–H and O–H groups in total. The van der Waals surface area contributed by atoms with Crippen molar-refractivity contribution in [2.75, 3.05) is 0 Å². The molecule has 0 radical (unpaired) electrons. The Balaban J connectivity index is 1.92. The minimum absolute atomic E-state index is 0.0801. The van der Waals surface area contributed by atoms with E-state index in [1.807, 2.05) is 71.7 Å². The lowest BCUT2D eigenvalue weighted by molar-refractivity contribution is 0.101. The maximum atomic E-state index is 11.3. The summed E-state index contributed by atoms with van der Waals surface area (Å²) in [6.07, 6.45) is 3.81. The second kappa shape index (κ2) is 5.13. The van der Waals surface area contributed by atoms with Crippen LogP contribution in [0.3, 0.4) is 0 Å². The number of aromatic nitrogens is 2. The van der Waals surface area contributed by atoms with Crippen molar-refractivity contribution in [3.63, 3.8) is 0 Å². The topological polar surface area (TPSA) is 34.9 Å². The Morgan fingerprint density at radius 3 is 2.30 bits per heavy atom. The van der Waals surface area contributed by atoms with Crippen molar-refractivity contribution < 1.29 is 4.79 Å². The van der Waals surface area contributed by atoms with Gasteiger partial charge < -0.3 is 0 Å². The largest absolute Gasteiger partial charge is 0.295 e. The number of hydrogen-bond acceptors (Lipinski definition) is 2. The first-order chi connectivity index (χ1) is 9.74. The van der Waals surface area contributed by atoms with E-state index in [1.54, 1.807) is 6.92 Å². The van der Waals surface area contributed by atoms with Gasteiger partial charge >= 0.3 is 0 Å². The van der Waals surface area contributed by atoms with Gasteiger partial charge in [0.1, 0.15) is 0 Å². The van der Waals surface area contributed by atoms with Crippen LogP contribution in [0.4, 0.5) is 0 Å². The van der Waals surface area contributed by atoms with Gasteiger partial charge in [0, 0.05) is 17.3 Å². The maximum Gasteiger partial charge on any atom is 0.159 e. The highest BCUT2D eigenvalue weighted by molar-refractivity contribution is 5.94. The number of benzene rings is 2. The Bertz CT molecular complexity index is 727. The van der Waals surface area contributed by atoms with Gasteiger partial charge in [0.25, 0.3) is 0 Å². The molecule has 0 bridgehead atoms. The van der Waals surface area contributed by atoms with Gasteiger partial charge in [-0.1, -0.05) is 42.5 Å². The van der Waals surface area contributed by atoms with Gasteiger partial charge in [-0.25, -0.2) is 4.68 Å². The van der Waals surface area contributed by atoms with Gasteiger partial charge in [0.05, 0.1) is 11.9 Å².